The minimum absolute atomic E-state index is 0.116. The molecule has 0 saturated carbocycles. The largest absolute Gasteiger partial charge is 0.379 e. The van der Waals surface area contributed by atoms with Gasteiger partial charge in [0.25, 0.3) is 0 Å². The fourth-order valence-electron chi connectivity index (χ4n) is 3.55. The molecule has 1 aromatic carbocycles. The van der Waals surface area contributed by atoms with Crippen molar-refractivity contribution in [2.24, 2.45) is 0 Å². The third-order valence-electron chi connectivity index (χ3n) is 5.16. The van der Waals surface area contributed by atoms with E-state index in [-0.39, 0.29) is 11.9 Å². The predicted molar refractivity (Wildman–Crippen MR) is 106 cm³/mol. The van der Waals surface area contributed by atoms with Crippen molar-refractivity contribution in [1.29, 1.82) is 0 Å². The lowest BCUT2D eigenvalue weighted by molar-refractivity contribution is -0.121. The summed E-state index contributed by atoms with van der Waals surface area (Å²) in [4.78, 5) is 19.0. The molecule has 3 rings (SSSR count). The molecular formula is C22H29N3O2. The molecule has 1 unspecified atom stereocenters. The standard InChI is InChI=1S/C22H29N3O2/c1-18-6-2-3-7-19(18)8-4-10-22(26)24-17-21(20-9-5-11-23-16-20)25-12-14-27-15-13-25/h2-3,5-7,9,11,16,21H,4,8,10,12-15,17H2,1H3,(H,24,26). The van der Waals surface area contributed by atoms with E-state index in [2.05, 4.69) is 52.5 Å². The molecule has 1 N–H and O–H groups in total. The molecule has 5 heteroatoms. The highest BCUT2D eigenvalue weighted by Gasteiger charge is 2.23. The van der Waals surface area contributed by atoms with Crippen LogP contribution < -0.4 is 5.32 Å². The molecular weight excluding hydrogens is 338 g/mol. The lowest BCUT2D eigenvalue weighted by atomic mass is 10.0. The van der Waals surface area contributed by atoms with Crippen molar-refractivity contribution in [3.8, 4) is 0 Å². The van der Waals surface area contributed by atoms with Crippen LogP contribution in [0.4, 0.5) is 0 Å². The SMILES string of the molecule is Cc1ccccc1CCCC(=O)NCC(c1cccnc1)N1CCOCC1. The molecule has 5 nitrogen and oxygen atoms in total. The number of hydrogen-bond acceptors (Lipinski definition) is 4. The molecule has 1 aliphatic rings. The molecule has 1 fully saturated rings. The van der Waals surface area contributed by atoms with E-state index >= 15 is 0 Å². The summed E-state index contributed by atoms with van der Waals surface area (Å²) < 4.78 is 5.47. The quantitative estimate of drug-likeness (QED) is 0.779. The Balaban J connectivity index is 1.50. The van der Waals surface area contributed by atoms with Crippen LogP contribution in [0.5, 0.6) is 0 Å². The van der Waals surface area contributed by atoms with Crippen LogP contribution in [0.3, 0.4) is 0 Å². The second-order valence-electron chi connectivity index (χ2n) is 7.03. The van der Waals surface area contributed by atoms with E-state index in [1.165, 1.54) is 11.1 Å². The summed E-state index contributed by atoms with van der Waals surface area (Å²) in [6.45, 7) is 5.96. The van der Waals surface area contributed by atoms with Crippen molar-refractivity contribution in [2.75, 3.05) is 32.8 Å². The van der Waals surface area contributed by atoms with Gasteiger partial charge in [-0.1, -0.05) is 30.3 Å². The summed E-state index contributed by atoms with van der Waals surface area (Å²) in [6, 6.07) is 12.5. The molecule has 1 amide bonds. The number of rotatable bonds is 8. The molecule has 1 aliphatic heterocycles. The Bertz CT molecular complexity index is 715. The van der Waals surface area contributed by atoms with Gasteiger partial charge in [-0.05, 0) is 42.5 Å². The van der Waals surface area contributed by atoms with Gasteiger partial charge >= 0.3 is 0 Å². The van der Waals surface area contributed by atoms with Gasteiger partial charge in [0.05, 0.1) is 19.3 Å². The molecule has 0 radical (unpaired) electrons. The second kappa shape index (κ2) is 10.2. The number of aryl methyl sites for hydroxylation is 2. The number of nitrogens with zero attached hydrogens (tertiary/aromatic N) is 2. The molecule has 0 aliphatic carbocycles. The van der Waals surface area contributed by atoms with Crippen molar-refractivity contribution in [1.82, 2.24) is 15.2 Å². The first kappa shape index (κ1) is 19.5. The first-order valence-electron chi connectivity index (χ1n) is 9.77. The van der Waals surface area contributed by atoms with Crippen LogP contribution in [-0.2, 0) is 16.0 Å². The van der Waals surface area contributed by atoms with Crippen LogP contribution in [0.2, 0.25) is 0 Å². The maximum Gasteiger partial charge on any atom is 0.220 e. The number of benzene rings is 1. The smallest absolute Gasteiger partial charge is 0.220 e. The molecule has 144 valence electrons. The van der Waals surface area contributed by atoms with Crippen molar-refractivity contribution >= 4 is 5.91 Å². The molecule has 2 aromatic rings. The van der Waals surface area contributed by atoms with Crippen LogP contribution in [0.25, 0.3) is 0 Å². The summed E-state index contributed by atoms with van der Waals surface area (Å²) >= 11 is 0. The highest BCUT2D eigenvalue weighted by Crippen LogP contribution is 2.20. The van der Waals surface area contributed by atoms with E-state index < -0.39 is 0 Å². The van der Waals surface area contributed by atoms with Crippen LogP contribution in [0, 0.1) is 6.92 Å². The topological polar surface area (TPSA) is 54.5 Å². The molecule has 1 atom stereocenters. The number of ether oxygens (including phenoxy) is 1. The molecule has 1 saturated heterocycles. The van der Waals surface area contributed by atoms with Crippen molar-refractivity contribution in [2.45, 2.75) is 32.2 Å². The fraction of sp³-hybridized carbons (Fsp3) is 0.455. The summed E-state index contributed by atoms with van der Waals surface area (Å²) in [6.07, 6.45) is 6.03. The number of nitrogens with one attached hydrogen (secondary N) is 1. The second-order valence-corrected chi connectivity index (χ2v) is 7.03. The van der Waals surface area contributed by atoms with E-state index in [1.807, 2.05) is 12.3 Å². The van der Waals surface area contributed by atoms with Gasteiger partial charge in [0.1, 0.15) is 0 Å². The highest BCUT2D eigenvalue weighted by atomic mass is 16.5. The van der Waals surface area contributed by atoms with Gasteiger partial charge in [0.2, 0.25) is 5.91 Å². The van der Waals surface area contributed by atoms with Gasteiger partial charge in [-0.15, -0.1) is 0 Å². The number of hydrogen-bond donors (Lipinski definition) is 1. The zero-order valence-corrected chi connectivity index (χ0v) is 16.1. The number of carbonyl (C=O) groups excluding carboxylic acids is 1. The average molecular weight is 367 g/mol. The monoisotopic (exact) mass is 367 g/mol. The number of aromatic nitrogens is 1. The van der Waals surface area contributed by atoms with Gasteiger partial charge in [-0.2, -0.15) is 0 Å². The number of amides is 1. The zero-order valence-electron chi connectivity index (χ0n) is 16.1. The summed E-state index contributed by atoms with van der Waals surface area (Å²) in [7, 11) is 0. The van der Waals surface area contributed by atoms with E-state index in [9.17, 15) is 4.79 Å². The van der Waals surface area contributed by atoms with E-state index in [4.69, 9.17) is 4.74 Å². The van der Waals surface area contributed by atoms with Gasteiger partial charge in [0, 0.05) is 38.4 Å². The Labute approximate surface area is 161 Å². The summed E-state index contributed by atoms with van der Waals surface area (Å²) in [5.41, 5.74) is 3.76. The maximum absolute atomic E-state index is 12.4. The van der Waals surface area contributed by atoms with Crippen molar-refractivity contribution < 1.29 is 9.53 Å². The van der Waals surface area contributed by atoms with Gasteiger partial charge in [-0.3, -0.25) is 14.7 Å². The molecule has 1 aromatic heterocycles. The minimum Gasteiger partial charge on any atom is -0.379 e. The third kappa shape index (κ3) is 5.88. The molecule has 0 bridgehead atoms. The number of pyridine rings is 1. The lowest BCUT2D eigenvalue weighted by Gasteiger charge is -2.34. The molecule has 27 heavy (non-hydrogen) atoms. The zero-order chi connectivity index (χ0) is 18.9. The van der Waals surface area contributed by atoms with Crippen molar-refractivity contribution in [3.63, 3.8) is 0 Å². The number of carbonyl (C=O) groups is 1. The average Bonchev–Trinajstić information content (AvgIpc) is 2.71. The first-order valence-corrected chi connectivity index (χ1v) is 9.77. The predicted octanol–water partition coefficient (Wildman–Crippen LogP) is 2.90. The van der Waals surface area contributed by atoms with E-state index in [0.29, 0.717) is 13.0 Å². The Morgan fingerprint density at radius 3 is 2.78 bits per heavy atom. The van der Waals surface area contributed by atoms with Gasteiger partial charge in [0.15, 0.2) is 0 Å². The van der Waals surface area contributed by atoms with Gasteiger partial charge in [-0.25, -0.2) is 0 Å². The van der Waals surface area contributed by atoms with Crippen LogP contribution in [0.15, 0.2) is 48.8 Å². The van der Waals surface area contributed by atoms with Crippen LogP contribution in [-0.4, -0.2) is 48.6 Å². The Kier molecular flexibility index (Phi) is 7.36. The normalized spacial score (nSPS) is 16.0. The third-order valence-corrected chi connectivity index (χ3v) is 5.16. The maximum atomic E-state index is 12.4. The summed E-state index contributed by atoms with van der Waals surface area (Å²) in [5.74, 6) is 0.116. The Morgan fingerprint density at radius 1 is 1.22 bits per heavy atom. The Morgan fingerprint density at radius 2 is 2.04 bits per heavy atom. The molecule has 2 heterocycles. The lowest BCUT2D eigenvalue weighted by Crippen LogP contribution is -2.43. The summed E-state index contributed by atoms with van der Waals surface area (Å²) in [5, 5.41) is 3.13. The highest BCUT2D eigenvalue weighted by molar-refractivity contribution is 5.75. The van der Waals surface area contributed by atoms with E-state index in [0.717, 1.165) is 44.7 Å². The van der Waals surface area contributed by atoms with Gasteiger partial charge < -0.3 is 10.1 Å². The number of morpholine rings is 1. The minimum atomic E-state index is 0.116. The van der Waals surface area contributed by atoms with Crippen LogP contribution >= 0.6 is 0 Å². The van der Waals surface area contributed by atoms with E-state index in [1.54, 1.807) is 6.20 Å². The first-order chi connectivity index (χ1) is 13.2. The van der Waals surface area contributed by atoms with Crippen LogP contribution in [0.1, 0.15) is 35.6 Å². The molecule has 0 spiro atoms. The fourth-order valence-corrected chi connectivity index (χ4v) is 3.55. The Hall–Kier alpha value is -2.24. The van der Waals surface area contributed by atoms with Crippen molar-refractivity contribution in [3.05, 3.63) is 65.5 Å².